The third-order valence-corrected chi connectivity index (χ3v) is 5.62. The number of aliphatic hydroxyl groups is 1. The van der Waals surface area contributed by atoms with Crippen LogP contribution in [0.5, 0.6) is 17.2 Å². The smallest absolute Gasteiger partial charge is 0.486 e. The van der Waals surface area contributed by atoms with Crippen LogP contribution in [0.25, 0.3) is 0 Å². The fourth-order valence-corrected chi connectivity index (χ4v) is 3.72. The number of amides is 2. The predicted molar refractivity (Wildman–Crippen MR) is 124 cm³/mol. The number of hydrogen-bond donors (Lipinski definition) is 2. The minimum absolute atomic E-state index is 0.0207. The molecular formula is C25H28F4N2O6. The van der Waals surface area contributed by atoms with Gasteiger partial charge in [-0.25, -0.2) is 4.39 Å². The summed E-state index contributed by atoms with van der Waals surface area (Å²) >= 11 is 0. The molecule has 1 saturated heterocycles. The largest absolute Gasteiger partial charge is 0.573 e. The molecule has 0 saturated carbocycles. The summed E-state index contributed by atoms with van der Waals surface area (Å²) in [7, 11) is 0. The number of halogens is 4. The van der Waals surface area contributed by atoms with Gasteiger partial charge in [0.05, 0.1) is 25.1 Å². The monoisotopic (exact) mass is 528 g/mol. The Labute approximate surface area is 210 Å². The number of alkyl halides is 4. The van der Waals surface area contributed by atoms with E-state index >= 15 is 4.39 Å². The van der Waals surface area contributed by atoms with Gasteiger partial charge in [-0.1, -0.05) is 12.1 Å². The lowest BCUT2D eigenvalue weighted by molar-refractivity contribution is -0.274. The van der Waals surface area contributed by atoms with Gasteiger partial charge in [-0.2, -0.15) is 0 Å². The summed E-state index contributed by atoms with van der Waals surface area (Å²) in [6.45, 7) is 2.94. The Morgan fingerprint density at radius 3 is 2.30 bits per heavy atom. The molecule has 12 heteroatoms. The number of carbonyl (C=O) groups excluding carboxylic acids is 2. The molecule has 3 rings (SSSR count). The van der Waals surface area contributed by atoms with Crippen molar-refractivity contribution >= 4 is 11.8 Å². The van der Waals surface area contributed by atoms with Crippen LogP contribution in [0, 0.1) is 0 Å². The summed E-state index contributed by atoms with van der Waals surface area (Å²) < 4.78 is 67.2. The van der Waals surface area contributed by atoms with Gasteiger partial charge in [0, 0.05) is 19.0 Å². The normalized spacial score (nSPS) is 18.3. The zero-order valence-corrected chi connectivity index (χ0v) is 20.3. The van der Waals surface area contributed by atoms with Crippen LogP contribution in [-0.2, 0) is 11.2 Å². The van der Waals surface area contributed by atoms with Crippen LogP contribution in [0.3, 0.4) is 0 Å². The van der Waals surface area contributed by atoms with E-state index in [4.69, 9.17) is 15.2 Å². The number of ether oxygens (including phenoxy) is 3. The predicted octanol–water partition coefficient (Wildman–Crippen LogP) is 3.39. The van der Waals surface area contributed by atoms with Crippen molar-refractivity contribution in [3.63, 3.8) is 0 Å². The van der Waals surface area contributed by atoms with Crippen LogP contribution in [0.15, 0.2) is 42.5 Å². The maximum Gasteiger partial charge on any atom is 0.573 e. The maximum atomic E-state index is 15.0. The molecule has 0 aliphatic carbocycles. The second kappa shape index (κ2) is 11.2. The Balaban J connectivity index is 1.62. The van der Waals surface area contributed by atoms with Gasteiger partial charge in [-0.3, -0.25) is 9.59 Å². The minimum Gasteiger partial charge on any atom is -0.486 e. The van der Waals surface area contributed by atoms with Crippen molar-refractivity contribution < 1.29 is 46.5 Å². The minimum atomic E-state index is -4.82. The first kappa shape index (κ1) is 28.0. The summed E-state index contributed by atoms with van der Waals surface area (Å²) in [5.74, 6) is -1.28. The third-order valence-electron chi connectivity index (χ3n) is 5.62. The molecule has 0 bridgehead atoms. The summed E-state index contributed by atoms with van der Waals surface area (Å²) in [4.78, 5) is 25.8. The molecule has 3 N–H and O–H groups in total. The van der Waals surface area contributed by atoms with E-state index in [-0.39, 0.29) is 49.6 Å². The molecule has 2 unspecified atom stereocenters. The molecule has 2 amide bonds. The first-order valence-corrected chi connectivity index (χ1v) is 11.4. The first-order chi connectivity index (χ1) is 17.3. The Morgan fingerprint density at radius 2 is 1.73 bits per heavy atom. The summed E-state index contributed by atoms with van der Waals surface area (Å²) in [5.41, 5.74) is 4.98. The zero-order chi connectivity index (χ0) is 27.4. The van der Waals surface area contributed by atoms with Gasteiger partial charge in [-0.15, -0.1) is 13.2 Å². The van der Waals surface area contributed by atoms with E-state index in [9.17, 15) is 27.9 Å². The van der Waals surface area contributed by atoms with Gasteiger partial charge in [0.2, 0.25) is 5.91 Å². The molecular weight excluding hydrogens is 500 g/mol. The van der Waals surface area contributed by atoms with Crippen molar-refractivity contribution in [3.8, 4) is 17.2 Å². The van der Waals surface area contributed by atoms with E-state index in [1.165, 1.54) is 35.2 Å². The molecule has 2 aromatic rings. The summed E-state index contributed by atoms with van der Waals surface area (Å²) in [5, 5.41) is 9.42. The highest BCUT2D eigenvalue weighted by atomic mass is 19.4. The zero-order valence-electron chi connectivity index (χ0n) is 20.3. The number of likely N-dealkylation sites (tertiary alicyclic amines) is 1. The lowest BCUT2D eigenvalue weighted by Gasteiger charge is -2.35. The highest BCUT2D eigenvalue weighted by Crippen LogP contribution is 2.30. The van der Waals surface area contributed by atoms with Crippen molar-refractivity contribution in [1.29, 1.82) is 0 Å². The number of benzene rings is 2. The molecule has 2 atom stereocenters. The number of piperidine rings is 1. The first-order valence-electron chi connectivity index (χ1n) is 11.4. The highest BCUT2D eigenvalue weighted by molar-refractivity contribution is 5.95. The van der Waals surface area contributed by atoms with E-state index in [0.717, 1.165) is 12.1 Å². The van der Waals surface area contributed by atoms with Crippen LogP contribution in [0.1, 0.15) is 36.2 Å². The molecule has 1 aliphatic heterocycles. The standard InChI is InChI=1S/C25H28F4N2O6/c1-24(2,14-32)36-17-7-8-18(23(30)34)21(12-17)35-20-9-10-31(13-19(20)26)22(33)11-15-3-5-16(6-4-15)37-25(27,28)29/h3-8,12,19-20,32H,9-11,13-14H2,1-2H3,(H2,30,34). The van der Waals surface area contributed by atoms with Crippen molar-refractivity contribution in [2.24, 2.45) is 5.73 Å². The molecule has 0 radical (unpaired) electrons. The summed E-state index contributed by atoms with van der Waals surface area (Å²) in [6.07, 6.45) is -7.38. The molecule has 2 aromatic carbocycles. The second-order valence-corrected chi connectivity index (χ2v) is 9.21. The summed E-state index contributed by atoms with van der Waals surface area (Å²) in [6, 6.07) is 9.14. The number of rotatable bonds is 9. The van der Waals surface area contributed by atoms with Crippen LogP contribution in [0.4, 0.5) is 17.6 Å². The molecule has 1 heterocycles. The van der Waals surface area contributed by atoms with Gasteiger partial charge in [0.25, 0.3) is 5.91 Å². The third kappa shape index (κ3) is 7.97. The molecule has 0 aromatic heterocycles. The van der Waals surface area contributed by atoms with Crippen molar-refractivity contribution in [2.45, 2.75) is 50.9 Å². The van der Waals surface area contributed by atoms with Crippen molar-refractivity contribution in [2.75, 3.05) is 19.7 Å². The maximum absolute atomic E-state index is 15.0. The molecule has 1 fully saturated rings. The van der Waals surface area contributed by atoms with E-state index < -0.39 is 41.8 Å². The number of hydrogen-bond acceptors (Lipinski definition) is 6. The lowest BCUT2D eigenvalue weighted by Crippen LogP contribution is -2.49. The van der Waals surface area contributed by atoms with Crippen molar-refractivity contribution in [3.05, 3.63) is 53.6 Å². The SMILES string of the molecule is CC(C)(CO)Oc1ccc(C(N)=O)c(OC2CCN(C(=O)Cc3ccc(OC(F)(F)F)cc3)CC2F)c1. The average Bonchev–Trinajstić information content (AvgIpc) is 2.80. The van der Waals surface area contributed by atoms with Gasteiger partial charge in [0.15, 0.2) is 6.17 Å². The van der Waals surface area contributed by atoms with E-state index in [1.54, 1.807) is 13.8 Å². The topological polar surface area (TPSA) is 111 Å². The fraction of sp³-hybridized carbons (Fsp3) is 0.440. The Morgan fingerprint density at radius 1 is 1.08 bits per heavy atom. The Hall–Kier alpha value is -3.54. The van der Waals surface area contributed by atoms with Crippen LogP contribution in [0.2, 0.25) is 0 Å². The van der Waals surface area contributed by atoms with Gasteiger partial charge in [0.1, 0.15) is 29.0 Å². The van der Waals surface area contributed by atoms with Crippen LogP contribution >= 0.6 is 0 Å². The van der Waals surface area contributed by atoms with Gasteiger partial charge in [-0.05, 0) is 43.7 Å². The average molecular weight is 528 g/mol. The highest BCUT2D eigenvalue weighted by Gasteiger charge is 2.34. The Bertz CT molecular complexity index is 1110. The number of nitrogens with zero attached hydrogens (tertiary/aromatic N) is 1. The van der Waals surface area contributed by atoms with E-state index in [1.807, 2.05) is 0 Å². The van der Waals surface area contributed by atoms with E-state index in [0.29, 0.717) is 5.56 Å². The molecule has 202 valence electrons. The lowest BCUT2D eigenvalue weighted by atomic mass is 10.0. The number of primary amides is 1. The second-order valence-electron chi connectivity index (χ2n) is 9.21. The quantitative estimate of drug-likeness (QED) is 0.483. The fourth-order valence-electron chi connectivity index (χ4n) is 3.72. The number of carbonyl (C=O) groups is 2. The molecule has 37 heavy (non-hydrogen) atoms. The van der Waals surface area contributed by atoms with Crippen LogP contribution in [-0.4, -0.2) is 65.8 Å². The molecule has 0 spiro atoms. The molecule has 1 aliphatic rings. The van der Waals surface area contributed by atoms with Gasteiger partial charge >= 0.3 is 6.36 Å². The molecule has 8 nitrogen and oxygen atoms in total. The number of nitrogens with two attached hydrogens (primary N) is 1. The Kier molecular flexibility index (Phi) is 8.52. The van der Waals surface area contributed by atoms with E-state index in [2.05, 4.69) is 4.74 Å². The van der Waals surface area contributed by atoms with Gasteiger partial charge < -0.3 is 30.0 Å². The van der Waals surface area contributed by atoms with Crippen LogP contribution < -0.4 is 19.9 Å². The van der Waals surface area contributed by atoms with Crippen molar-refractivity contribution in [1.82, 2.24) is 4.90 Å². The number of aliphatic hydroxyl groups excluding tert-OH is 1.